The van der Waals surface area contributed by atoms with Crippen LogP contribution in [0.2, 0.25) is 0 Å². The van der Waals surface area contributed by atoms with Crippen molar-refractivity contribution in [2.75, 3.05) is 5.73 Å². The van der Waals surface area contributed by atoms with Gasteiger partial charge in [0.25, 0.3) is 0 Å². The molecule has 0 spiro atoms. The molecule has 4 nitrogen and oxygen atoms in total. The Morgan fingerprint density at radius 3 is 2.71 bits per heavy atom. The average Bonchev–Trinajstić information content (AvgIpc) is 2.63. The molecule has 0 aliphatic rings. The first-order chi connectivity index (χ1) is 6.84. The highest BCUT2D eigenvalue weighted by Crippen LogP contribution is 2.12. The summed E-state index contributed by atoms with van der Waals surface area (Å²) in [6.45, 7) is 0.416. The molecule has 0 saturated carbocycles. The number of aromatic nitrogens is 2. The standard InChI is InChI=1S/C9H9N3OS/c10-9-11-8(14-12-9)6-13-7-4-2-1-3-5-7/h1-5H,6H2,(H2,10,12). The Labute approximate surface area is 85.5 Å². The van der Waals surface area contributed by atoms with Gasteiger partial charge in [0.1, 0.15) is 12.4 Å². The van der Waals surface area contributed by atoms with Gasteiger partial charge in [-0.1, -0.05) is 18.2 Å². The number of ether oxygens (including phenoxy) is 1. The van der Waals surface area contributed by atoms with E-state index in [9.17, 15) is 0 Å². The van der Waals surface area contributed by atoms with E-state index in [1.807, 2.05) is 30.3 Å². The van der Waals surface area contributed by atoms with Gasteiger partial charge in [-0.3, -0.25) is 0 Å². The van der Waals surface area contributed by atoms with E-state index in [1.165, 1.54) is 11.5 Å². The third-order valence-electron chi connectivity index (χ3n) is 1.59. The minimum atomic E-state index is 0.307. The minimum absolute atomic E-state index is 0.307. The Morgan fingerprint density at radius 2 is 2.07 bits per heavy atom. The predicted octanol–water partition coefficient (Wildman–Crippen LogP) is 1.70. The van der Waals surface area contributed by atoms with Crippen LogP contribution in [0.5, 0.6) is 5.75 Å². The molecule has 0 unspecified atom stereocenters. The largest absolute Gasteiger partial charge is 0.486 e. The zero-order chi connectivity index (χ0) is 9.80. The molecule has 1 heterocycles. The maximum Gasteiger partial charge on any atom is 0.232 e. The van der Waals surface area contributed by atoms with Crippen molar-refractivity contribution in [1.29, 1.82) is 0 Å². The second-order valence-corrected chi connectivity index (χ2v) is 3.48. The number of hydrogen-bond donors (Lipinski definition) is 1. The van der Waals surface area contributed by atoms with E-state index < -0.39 is 0 Å². The van der Waals surface area contributed by atoms with Gasteiger partial charge in [0.15, 0.2) is 5.01 Å². The van der Waals surface area contributed by atoms with Crippen molar-refractivity contribution < 1.29 is 4.74 Å². The van der Waals surface area contributed by atoms with E-state index in [0.29, 0.717) is 12.6 Å². The van der Waals surface area contributed by atoms with E-state index >= 15 is 0 Å². The summed E-state index contributed by atoms with van der Waals surface area (Å²) < 4.78 is 9.31. The summed E-state index contributed by atoms with van der Waals surface area (Å²) in [5, 5.41) is 0.784. The van der Waals surface area contributed by atoms with Gasteiger partial charge in [0.2, 0.25) is 5.95 Å². The van der Waals surface area contributed by atoms with Crippen LogP contribution in [0.25, 0.3) is 0 Å². The molecule has 2 N–H and O–H groups in total. The molecular formula is C9H9N3OS. The normalized spacial score (nSPS) is 10.0. The van der Waals surface area contributed by atoms with E-state index in [0.717, 1.165) is 10.8 Å². The van der Waals surface area contributed by atoms with E-state index in [1.54, 1.807) is 0 Å². The molecule has 72 valence electrons. The monoisotopic (exact) mass is 207 g/mol. The van der Waals surface area contributed by atoms with Crippen LogP contribution in [0.15, 0.2) is 30.3 Å². The van der Waals surface area contributed by atoms with Crippen molar-refractivity contribution >= 4 is 17.5 Å². The second kappa shape index (κ2) is 4.06. The maximum absolute atomic E-state index is 5.46. The van der Waals surface area contributed by atoms with E-state index in [2.05, 4.69) is 9.36 Å². The van der Waals surface area contributed by atoms with Crippen LogP contribution in [0.4, 0.5) is 5.95 Å². The number of nitrogens with two attached hydrogens (primary N) is 1. The van der Waals surface area contributed by atoms with Crippen LogP contribution in [0.1, 0.15) is 5.01 Å². The summed E-state index contributed by atoms with van der Waals surface area (Å²) in [6.07, 6.45) is 0. The number of nitrogens with zero attached hydrogens (tertiary/aromatic N) is 2. The summed E-state index contributed by atoms with van der Waals surface area (Å²) in [5.41, 5.74) is 5.38. The lowest BCUT2D eigenvalue weighted by atomic mass is 10.3. The van der Waals surface area contributed by atoms with Crippen molar-refractivity contribution in [2.45, 2.75) is 6.61 Å². The number of hydrogen-bond acceptors (Lipinski definition) is 5. The molecular weight excluding hydrogens is 198 g/mol. The molecule has 0 bridgehead atoms. The first kappa shape index (κ1) is 8.96. The molecule has 0 aliphatic heterocycles. The highest BCUT2D eigenvalue weighted by molar-refractivity contribution is 7.05. The molecule has 0 amide bonds. The zero-order valence-electron chi connectivity index (χ0n) is 7.38. The molecule has 1 aromatic heterocycles. The fraction of sp³-hybridized carbons (Fsp3) is 0.111. The summed E-state index contributed by atoms with van der Waals surface area (Å²) in [7, 11) is 0. The molecule has 14 heavy (non-hydrogen) atoms. The predicted molar refractivity (Wildman–Crippen MR) is 55.1 cm³/mol. The van der Waals surface area contributed by atoms with Crippen molar-refractivity contribution in [3.63, 3.8) is 0 Å². The minimum Gasteiger partial charge on any atom is -0.486 e. The SMILES string of the molecule is Nc1nsc(COc2ccccc2)n1. The van der Waals surface area contributed by atoms with Crippen LogP contribution in [0.3, 0.4) is 0 Å². The number of nitrogen functional groups attached to an aromatic ring is 1. The van der Waals surface area contributed by atoms with Crippen LogP contribution < -0.4 is 10.5 Å². The molecule has 2 aromatic rings. The van der Waals surface area contributed by atoms with Crippen LogP contribution in [-0.2, 0) is 6.61 Å². The first-order valence-corrected chi connectivity index (χ1v) is 4.88. The topological polar surface area (TPSA) is 61.0 Å². The van der Waals surface area contributed by atoms with Crippen LogP contribution >= 0.6 is 11.5 Å². The Balaban J connectivity index is 1.95. The molecule has 1 aromatic carbocycles. The molecule has 0 atom stereocenters. The van der Waals surface area contributed by atoms with Gasteiger partial charge in [-0.05, 0) is 23.7 Å². The highest BCUT2D eigenvalue weighted by Gasteiger charge is 2.00. The van der Waals surface area contributed by atoms with Gasteiger partial charge in [0, 0.05) is 0 Å². The zero-order valence-corrected chi connectivity index (χ0v) is 8.20. The van der Waals surface area contributed by atoms with Gasteiger partial charge >= 0.3 is 0 Å². The second-order valence-electron chi connectivity index (χ2n) is 2.65. The Hall–Kier alpha value is -1.62. The molecule has 0 radical (unpaired) electrons. The molecule has 0 aliphatic carbocycles. The smallest absolute Gasteiger partial charge is 0.232 e. The van der Waals surface area contributed by atoms with Gasteiger partial charge in [0.05, 0.1) is 0 Å². The van der Waals surface area contributed by atoms with E-state index in [4.69, 9.17) is 10.5 Å². The Kier molecular flexibility index (Phi) is 2.60. The molecule has 0 fully saturated rings. The molecule has 5 heteroatoms. The highest BCUT2D eigenvalue weighted by atomic mass is 32.1. The van der Waals surface area contributed by atoms with Gasteiger partial charge < -0.3 is 10.5 Å². The van der Waals surface area contributed by atoms with Crippen molar-refractivity contribution in [3.8, 4) is 5.75 Å². The average molecular weight is 207 g/mol. The lowest BCUT2D eigenvalue weighted by Crippen LogP contribution is -1.95. The fourth-order valence-corrected chi connectivity index (χ4v) is 1.47. The summed E-state index contributed by atoms with van der Waals surface area (Å²) in [6, 6.07) is 9.57. The van der Waals surface area contributed by atoms with Crippen molar-refractivity contribution in [1.82, 2.24) is 9.36 Å². The lowest BCUT2D eigenvalue weighted by Gasteiger charge is -2.01. The number of benzene rings is 1. The lowest BCUT2D eigenvalue weighted by molar-refractivity contribution is 0.305. The Morgan fingerprint density at radius 1 is 1.29 bits per heavy atom. The maximum atomic E-state index is 5.46. The van der Waals surface area contributed by atoms with Gasteiger partial charge in [-0.2, -0.15) is 4.37 Å². The van der Waals surface area contributed by atoms with Gasteiger partial charge in [-0.15, -0.1) is 0 Å². The van der Waals surface area contributed by atoms with Crippen molar-refractivity contribution in [2.24, 2.45) is 0 Å². The van der Waals surface area contributed by atoms with Gasteiger partial charge in [-0.25, -0.2) is 4.98 Å². The molecule has 2 rings (SSSR count). The quantitative estimate of drug-likeness (QED) is 0.832. The number of rotatable bonds is 3. The third-order valence-corrected chi connectivity index (χ3v) is 2.29. The van der Waals surface area contributed by atoms with Crippen LogP contribution in [-0.4, -0.2) is 9.36 Å². The number of anilines is 1. The summed E-state index contributed by atoms with van der Waals surface area (Å²) in [5.74, 6) is 1.13. The van der Waals surface area contributed by atoms with Crippen molar-refractivity contribution in [3.05, 3.63) is 35.3 Å². The first-order valence-electron chi connectivity index (χ1n) is 4.10. The Bertz CT molecular complexity index is 401. The molecule has 0 saturated heterocycles. The number of para-hydroxylation sites is 1. The summed E-state index contributed by atoms with van der Waals surface area (Å²) >= 11 is 1.26. The fourth-order valence-electron chi connectivity index (χ4n) is 0.988. The third kappa shape index (κ3) is 2.20. The van der Waals surface area contributed by atoms with Crippen LogP contribution in [0, 0.1) is 0 Å². The summed E-state index contributed by atoms with van der Waals surface area (Å²) in [4.78, 5) is 3.99. The van der Waals surface area contributed by atoms with E-state index in [-0.39, 0.29) is 0 Å².